The number of ether oxygens (including phenoxy) is 3. The van der Waals surface area contributed by atoms with Gasteiger partial charge in [0.15, 0.2) is 6.10 Å². The van der Waals surface area contributed by atoms with Gasteiger partial charge in [-0.05, 0) is 89.9 Å². The molecule has 0 fully saturated rings. The number of carbonyl (C=O) groups is 3. The van der Waals surface area contributed by atoms with E-state index in [4.69, 9.17) is 14.2 Å². The molecule has 0 N–H and O–H groups in total. The highest BCUT2D eigenvalue weighted by Crippen LogP contribution is 2.12. The summed E-state index contributed by atoms with van der Waals surface area (Å²) in [5, 5.41) is 0. The fraction of sp³-hybridized carbons (Fsp3) is 0.673. The number of allylic oxidation sites excluding steroid dienone is 14. The van der Waals surface area contributed by atoms with Gasteiger partial charge in [-0.25, -0.2) is 0 Å². The monoisotopic (exact) mass is 807 g/mol. The zero-order chi connectivity index (χ0) is 42.3. The van der Waals surface area contributed by atoms with Crippen LogP contribution in [0.25, 0.3) is 0 Å². The van der Waals surface area contributed by atoms with Crippen LogP contribution in [0.3, 0.4) is 0 Å². The van der Waals surface area contributed by atoms with E-state index in [0.717, 1.165) is 103 Å². The van der Waals surface area contributed by atoms with E-state index in [2.05, 4.69) is 106 Å². The zero-order valence-electron chi connectivity index (χ0n) is 37.5. The third-order valence-electron chi connectivity index (χ3n) is 9.63. The van der Waals surface area contributed by atoms with Crippen LogP contribution in [0, 0.1) is 0 Å². The Kier molecular flexibility index (Phi) is 43.6. The van der Waals surface area contributed by atoms with E-state index in [9.17, 15) is 14.4 Å². The van der Waals surface area contributed by atoms with Gasteiger partial charge in [0, 0.05) is 19.3 Å². The lowest BCUT2D eigenvalue weighted by atomic mass is 10.1. The quantitative estimate of drug-likeness (QED) is 0.0265. The van der Waals surface area contributed by atoms with Gasteiger partial charge < -0.3 is 14.2 Å². The molecule has 0 radical (unpaired) electrons. The van der Waals surface area contributed by atoms with Crippen molar-refractivity contribution in [1.29, 1.82) is 0 Å². The molecule has 0 bridgehead atoms. The van der Waals surface area contributed by atoms with Crippen LogP contribution in [0.15, 0.2) is 85.1 Å². The number of hydrogen-bond acceptors (Lipinski definition) is 6. The van der Waals surface area contributed by atoms with Gasteiger partial charge in [0.1, 0.15) is 13.2 Å². The lowest BCUT2D eigenvalue weighted by molar-refractivity contribution is -0.167. The van der Waals surface area contributed by atoms with Crippen LogP contribution in [0.4, 0.5) is 0 Å². The average Bonchev–Trinajstić information content (AvgIpc) is 3.22. The van der Waals surface area contributed by atoms with Gasteiger partial charge >= 0.3 is 17.9 Å². The molecule has 0 aromatic heterocycles. The molecule has 6 nitrogen and oxygen atoms in total. The summed E-state index contributed by atoms with van der Waals surface area (Å²) in [4.78, 5) is 37.7. The van der Waals surface area contributed by atoms with Crippen molar-refractivity contribution >= 4 is 17.9 Å². The minimum atomic E-state index is -0.803. The van der Waals surface area contributed by atoms with Gasteiger partial charge in [-0.1, -0.05) is 183 Å². The summed E-state index contributed by atoms with van der Waals surface area (Å²) < 4.78 is 16.6. The molecular formula is C52H86O6. The first-order valence-corrected chi connectivity index (χ1v) is 23.6. The molecular weight excluding hydrogens is 721 g/mol. The minimum absolute atomic E-state index is 0.101. The third-order valence-corrected chi connectivity index (χ3v) is 9.63. The smallest absolute Gasteiger partial charge is 0.306 e. The van der Waals surface area contributed by atoms with Gasteiger partial charge in [-0.15, -0.1) is 0 Å². The van der Waals surface area contributed by atoms with Gasteiger partial charge in [-0.3, -0.25) is 14.4 Å². The highest BCUT2D eigenvalue weighted by atomic mass is 16.6. The second-order valence-electron chi connectivity index (χ2n) is 15.3. The van der Waals surface area contributed by atoms with Crippen molar-refractivity contribution in [2.75, 3.05) is 13.2 Å². The maximum absolute atomic E-state index is 12.7. The van der Waals surface area contributed by atoms with Crippen molar-refractivity contribution in [3.8, 4) is 0 Å². The van der Waals surface area contributed by atoms with Crippen molar-refractivity contribution in [3.63, 3.8) is 0 Å². The Hall–Kier alpha value is -3.41. The average molecular weight is 807 g/mol. The Morgan fingerprint density at radius 3 is 1.14 bits per heavy atom. The van der Waals surface area contributed by atoms with Crippen molar-refractivity contribution in [3.05, 3.63) is 85.1 Å². The van der Waals surface area contributed by atoms with E-state index in [1.165, 1.54) is 57.8 Å². The minimum Gasteiger partial charge on any atom is -0.462 e. The maximum Gasteiger partial charge on any atom is 0.306 e. The lowest BCUT2D eigenvalue weighted by Crippen LogP contribution is -2.30. The summed E-state index contributed by atoms with van der Waals surface area (Å²) >= 11 is 0. The van der Waals surface area contributed by atoms with E-state index in [1.54, 1.807) is 0 Å². The molecule has 0 aliphatic carbocycles. The second kappa shape index (κ2) is 46.3. The summed E-state index contributed by atoms with van der Waals surface area (Å²) in [5.41, 5.74) is 0. The van der Waals surface area contributed by atoms with Gasteiger partial charge in [0.05, 0.1) is 0 Å². The van der Waals surface area contributed by atoms with Gasteiger partial charge in [0.25, 0.3) is 0 Å². The Morgan fingerprint density at radius 1 is 0.362 bits per heavy atom. The fourth-order valence-corrected chi connectivity index (χ4v) is 6.09. The molecule has 330 valence electrons. The zero-order valence-corrected chi connectivity index (χ0v) is 37.5. The largest absolute Gasteiger partial charge is 0.462 e. The molecule has 0 aromatic carbocycles. The molecule has 1 unspecified atom stereocenters. The highest BCUT2D eigenvalue weighted by Gasteiger charge is 2.19. The van der Waals surface area contributed by atoms with Crippen LogP contribution in [-0.2, 0) is 28.6 Å². The van der Waals surface area contributed by atoms with Crippen LogP contribution in [0.1, 0.15) is 207 Å². The molecule has 1 atom stereocenters. The Bertz CT molecular complexity index is 1160. The summed E-state index contributed by atoms with van der Waals surface area (Å²) in [7, 11) is 0. The van der Waals surface area contributed by atoms with Crippen LogP contribution in [-0.4, -0.2) is 37.2 Å². The number of unbranched alkanes of at least 4 members (excludes halogenated alkanes) is 16. The molecule has 58 heavy (non-hydrogen) atoms. The fourth-order valence-electron chi connectivity index (χ4n) is 6.09. The van der Waals surface area contributed by atoms with Crippen LogP contribution < -0.4 is 0 Å². The van der Waals surface area contributed by atoms with Crippen molar-refractivity contribution in [2.24, 2.45) is 0 Å². The molecule has 0 aliphatic rings. The Balaban J connectivity index is 4.43. The van der Waals surface area contributed by atoms with E-state index in [1.807, 2.05) is 0 Å². The van der Waals surface area contributed by atoms with Crippen molar-refractivity contribution < 1.29 is 28.6 Å². The summed E-state index contributed by atoms with van der Waals surface area (Å²) in [6, 6.07) is 0. The van der Waals surface area contributed by atoms with Crippen LogP contribution in [0.5, 0.6) is 0 Å². The van der Waals surface area contributed by atoms with Crippen LogP contribution >= 0.6 is 0 Å². The summed E-state index contributed by atoms with van der Waals surface area (Å²) in [6.45, 7) is 6.38. The first kappa shape index (κ1) is 54.6. The molecule has 0 spiro atoms. The summed E-state index contributed by atoms with van der Waals surface area (Å²) in [6.07, 6.45) is 58.7. The molecule has 0 aliphatic heterocycles. The SMILES string of the molecule is CC/C=C\C/C=C\C/C=C\C/C=C\C/C=C\CCCC(=O)OCC(COC(=O)CCCCCCCCC)OC(=O)CCCCCCC/C=C\C/C=C\CCCCCC. The second-order valence-corrected chi connectivity index (χ2v) is 15.3. The van der Waals surface area contributed by atoms with E-state index in [-0.39, 0.29) is 37.5 Å². The number of esters is 3. The van der Waals surface area contributed by atoms with E-state index < -0.39 is 6.10 Å². The molecule has 0 rings (SSSR count). The molecule has 6 heteroatoms. The normalized spacial score (nSPS) is 12.8. The standard InChI is InChI=1S/C52H86O6/c1-4-7-10-13-16-18-20-22-24-26-28-29-31-33-36-39-42-45-51(54)57-48-49(47-56-50(53)44-41-38-35-15-12-9-6-3)58-52(55)46-43-40-37-34-32-30-27-25-23-21-19-17-14-11-8-5-2/h7,10,16,18-19,21-22,24-25,27-29,33,36,49H,4-6,8-9,11-15,17,20,23,26,30-32,34-35,37-48H2,1-3H3/b10-7-,18-16-,21-19-,24-22-,27-25-,29-28-,36-33-. The molecule has 0 saturated heterocycles. The first-order chi connectivity index (χ1) is 28.5. The predicted octanol–water partition coefficient (Wildman–Crippen LogP) is 15.3. The first-order valence-electron chi connectivity index (χ1n) is 23.6. The van der Waals surface area contributed by atoms with E-state index in [0.29, 0.717) is 19.3 Å². The maximum atomic E-state index is 12.7. The Morgan fingerprint density at radius 2 is 0.690 bits per heavy atom. The molecule has 0 aromatic rings. The highest BCUT2D eigenvalue weighted by molar-refractivity contribution is 5.71. The Labute approximate surface area is 356 Å². The molecule has 0 saturated carbocycles. The number of hydrogen-bond donors (Lipinski definition) is 0. The molecule has 0 amide bonds. The summed E-state index contributed by atoms with van der Waals surface area (Å²) in [5.74, 6) is -0.988. The number of rotatable bonds is 41. The van der Waals surface area contributed by atoms with Crippen molar-refractivity contribution in [1.82, 2.24) is 0 Å². The van der Waals surface area contributed by atoms with Crippen LogP contribution in [0.2, 0.25) is 0 Å². The van der Waals surface area contributed by atoms with Gasteiger partial charge in [-0.2, -0.15) is 0 Å². The molecule has 0 heterocycles. The van der Waals surface area contributed by atoms with Crippen molar-refractivity contribution in [2.45, 2.75) is 213 Å². The lowest BCUT2D eigenvalue weighted by Gasteiger charge is -2.18. The predicted molar refractivity (Wildman–Crippen MR) is 247 cm³/mol. The topological polar surface area (TPSA) is 78.9 Å². The number of carbonyl (C=O) groups excluding carboxylic acids is 3. The van der Waals surface area contributed by atoms with Gasteiger partial charge in [0.2, 0.25) is 0 Å². The third kappa shape index (κ3) is 43.7. The van der Waals surface area contributed by atoms with E-state index >= 15 is 0 Å².